The van der Waals surface area contributed by atoms with E-state index in [-0.39, 0.29) is 23.0 Å². The van der Waals surface area contributed by atoms with Crippen LogP contribution >= 0.6 is 0 Å². The molecule has 1 saturated carbocycles. The Balaban J connectivity index is 1.91. The number of nitrogens with one attached hydrogen (secondary N) is 1. The molecular weight excluding hydrogens is 323 g/mol. The zero-order valence-corrected chi connectivity index (χ0v) is 13.6. The van der Waals surface area contributed by atoms with Crippen molar-refractivity contribution in [1.29, 1.82) is 0 Å². The Morgan fingerprint density at radius 1 is 1.48 bits per heavy atom. The lowest BCUT2D eigenvalue weighted by Crippen LogP contribution is -2.35. The number of benzene rings is 1. The van der Waals surface area contributed by atoms with Gasteiger partial charge in [-0.3, -0.25) is 4.79 Å². The molecule has 2 fully saturated rings. The van der Waals surface area contributed by atoms with Gasteiger partial charge in [0.1, 0.15) is 5.82 Å². The molecule has 0 spiro atoms. The van der Waals surface area contributed by atoms with Gasteiger partial charge in [0, 0.05) is 13.1 Å². The van der Waals surface area contributed by atoms with E-state index >= 15 is 0 Å². The number of carboxylic acid groups (broad SMARTS) is 1. The first-order valence-electron chi connectivity index (χ1n) is 7.51. The van der Waals surface area contributed by atoms with Gasteiger partial charge in [-0.2, -0.15) is 0 Å². The number of hydrogen-bond donors (Lipinski definition) is 2. The van der Waals surface area contributed by atoms with Crippen LogP contribution in [-0.2, 0) is 14.8 Å². The Bertz CT molecular complexity index is 752. The number of anilines is 1. The van der Waals surface area contributed by atoms with Crippen LogP contribution in [0.3, 0.4) is 0 Å². The fourth-order valence-corrected chi connectivity index (χ4v) is 4.59. The SMILES string of the molecule is CNS(=O)(=O)c1ccc(N2C[C@@H]3CCC[C@@]3(C(=O)O)C2)c(F)c1. The molecule has 1 saturated heterocycles. The normalized spacial score (nSPS) is 27.2. The average molecular weight is 342 g/mol. The first-order chi connectivity index (χ1) is 10.8. The van der Waals surface area contributed by atoms with Crippen LogP contribution in [-0.4, -0.2) is 39.6 Å². The van der Waals surface area contributed by atoms with Crippen LogP contribution in [0.15, 0.2) is 23.1 Å². The van der Waals surface area contributed by atoms with E-state index in [2.05, 4.69) is 4.72 Å². The molecule has 1 aliphatic heterocycles. The van der Waals surface area contributed by atoms with Gasteiger partial charge in [-0.25, -0.2) is 17.5 Å². The van der Waals surface area contributed by atoms with Crippen molar-refractivity contribution in [2.45, 2.75) is 24.2 Å². The lowest BCUT2D eigenvalue weighted by atomic mass is 9.81. The summed E-state index contributed by atoms with van der Waals surface area (Å²) in [5.74, 6) is -1.46. The number of aliphatic carboxylic acids is 1. The smallest absolute Gasteiger partial charge is 0.311 e. The first-order valence-corrected chi connectivity index (χ1v) is 9.00. The quantitative estimate of drug-likeness (QED) is 0.864. The van der Waals surface area contributed by atoms with Gasteiger partial charge in [-0.15, -0.1) is 0 Å². The van der Waals surface area contributed by atoms with E-state index in [4.69, 9.17) is 0 Å². The first kappa shape index (κ1) is 16.2. The molecule has 1 aliphatic carbocycles. The Morgan fingerprint density at radius 3 is 2.78 bits per heavy atom. The second-order valence-corrected chi connectivity index (χ2v) is 8.14. The molecule has 2 aliphatic rings. The molecular formula is C15H19FN2O4S. The summed E-state index contributed by atoms with van der Waals surface area (Å²) in [4.78, 5) is 13.3. The van der Waals surface area contributed by atoms with Gasteiger partial charge in [-0.1, -0.05) is 6.42 Å². The molecule has 2 N–H and O–H groups in total. The van der Waals surface area contributed by atoms with Gasteiger partial charge in [0.2, 0.25) is 10.0 Å². The van der Waals surface area contributed by atoms with E-state index in [1.807, 2.05) is 0 Å². The lowest BCUT2D eigenvalue weighted by Gasteiger charge is -2.24. The molecule has 8 heteroatoms. The Labute approximate surface area is 134 Å². The summed E-state index contributed by atoms with van der Waals surface area (Å²) in [6.45, 7) is 0.753. The third kappa shape index (κ3) is 2.49. The number of sulfonamides is 1. The topological polar surface area (TPSA) is 86.7 Å². The minimum atomic E-state index is -3.70. The van der Waals surface area contributed by atoms with E-state index in [1.165, 1.54) is 19.2 Å². The molecule has 0 amide bonds. The van der Waals surface area contributed by atoms with Crippen molar-refractivity contribution in [3.05, 3.63) is 24.0 Å². The molecule has 0 bridgehead atoms. The third-order valence-electron chi connectivity index (χ3n) is 5.14. The molecule has 6 nitrogen and oxygen atoms in total. The summed E-state index contributed by atoms with van der Waals surface area (Å²) in [6, 6.07) is 3.73. The van der Waals surface area contributed by atoms with Gasteiger partial charge < -0.3 is 10.0 Å². The van der Waals surface area contributed by atoms with Crippen molar-refractivity contribution in [3.63, 3.8) is 0 Å². The number of carboxylic acids is 1. The third-order valence-corrected chi connectivity index (χ3v) is 6.55. The zero-order chi connectivity index (χ0) is 16.8. The summed E-state index contributed by atoms with van der Waals surface area (Å²) in [6.07, 6.45) is 2.32. The van der Waals surface area contributed by atoms with Gasteiger partial charge >= 0.3 is 5.97 Å². The summed E-state index contributed by atoms with van der Waals surface area (Å²) >= 11 is 0. The number of hydrogen-bond acceptors (Lipinski definition) is 4. The molecule has 0 unspecified atom stereocenters. The fourth-order valence-electron chi connectivity index (χ4n) is 3.85. The summed E-state index contributed by atoms with van der Waals surface area (Å²) in [5, 5.41) is 9.58. The van der Waals surface area contributed by atoms with E-state index < -0.39 is 27.2 Å². The molecule has 1 aromatic rings. The van der Waals surface area contributed by atoms with Crippen LogP contribution in [0.2, 0.25) is 0 Å². The predicted molar refractivity (Wildman–Crippen MR) is 82.3 cm³/mol. The standard InChI is InChI=1S/C15H19FN2O4S/c1-17-23(21,22)11-4-5-13(12(16)7-11)18-8-10-3-2-6-15(10,9-18)14(19)20/h4-5,7,10,17H,2-3,6,8-9H2,1H3,(H,19,20)/t10-,15+/m0/s1. The van der Waals surface area contributed by atoms with Crippen molar-refractivity contribution in [2.75, 3.05) is 25.0 Å². The number of fused-ring (bicyclic) bond motifs is 1. The van der Waals surface area contributed by atoms with Crippen molar-refractivity contribution in [1.82, 2.24) is 4.72 Å². The maximum Gasteiger partial charge on any atom is 0.311 e. The lowest BCUT2D eigenvalue weighted by molar-refractivity contribution is -0.149. The summed E-state index contributed by atoms with van der Waals surface area (Å²) < 4.78 is 40.0. The van der Waals surface area contributed by atoms with Crippen molar-refractivity contribution < 1.29 is 22.7 Å². The fraction of sp³-hybridized carbons (Fsp3) is 0.533. The zero-order valence-electron chi connectivity index (χ0n) is 12.8. The van der Waals surface area contributed by atoms with Crippen LogP contribution < -0.4 is 9.62 Å². The van der Waals surface area contributed by atoms with Gasteiger partial charge in [0.25, 0.3) is 0 Å². The van der Waals surface area contributed by atoms with E-state index in [0.717, 1.165) is 18.9 Å². The van der Waals surface area contributed by atoms with Crippen LogP contribution in [0.5, 0.6) is 0 Å². The van der Waals surface area contributed by atoms with E-state index in [1.54, 1.807) is 4.90 Å². The van der Waals surface area contributed by atoms with Crippen LogP contribution in [0.4, 0.5) is 10.1 Å². The maximum atomic E-state index is 14.4. The highest BCUT2D eigenvalue weighted by molar-refractivity contribution is 7.89. The van der Waals surface area contributed by atoms with Gasteiger partial charge in [0.15, 0.2) is 0 Å². The second-order valence-electron chi connectivity index (χ2n) is 6.25. The minimum absolute atomic E-state index is 0.0140. The molecule has 0 aromatic heterocycles. The molecule has 1 heterocycles. The van der Waals surface area contributed by atoms with E-state index in [9.17, 15) is 22.7 Å². The Morgan fingerprint density at radius 2 is 2.22 bits per heavy atom. The maximum absolute atomic E-state index is 14.4. The van der Waals surface area contributed by atoms with Crippen molar-refractivity contribution in [2.24, 2.45) is 11.3 Å². The highest BCUT2D eigenvalue weighted by Gasteiger charge is 2.55. The van der Waals surface area contributed by atoms with Gasteiger partial charge in [-0.05, 0) is 44.0 Å². The van der Waals surface area contributed by atoms with Crippen LogP contribution in [0, 0.1) is 17.2 Å². The summed E-state index contributed by atoms with van der Waals surface area (Å²) in [7, 11) is -2.44. The highest BCUT2D eigenvalue weighted by atomic mass is 32.2. The largest absolute Gasteiger partial charge is 0.481 e. The monoisotopic (exact) mass is 342 g/mol. The molecule has 126 valence electrons. The summed E-state index contributed by atoms with van der Waals surface area (Å²) in [5.41, 5.74) is -0.544. The van der Waals surface area contributed by atoms with Crippen molar-refractivity contribution in [3.8, 4) is 0 Å². The molecule has 23 heavy (non-hydrogen) atoms. The number of halogens is 1. The number of carbonyl (C=O) groups is 1. The molecule has 1 aromatic carbocycles. The molecule has 3 rings (SSSR count). The van der Waals surface area contributed by atoms with Crippen LogP contribution in [0.1, 0.15) is 19.3 Å². The van der Waals surface area contributed by atoms with Gasteiger partial charge in [0.05, 0.1) is 16.0 Å². The predicted octanol–water partition coefficient (Wildman–Crippen LogP) is 1.42. The Hall–Kier alpha value is -1.67. The van der Waals surface area contributed by atoms with Crippen LogP contribution in [0.25, 0.3) is 0 Å². The second kappa shape index (κ2) is 5.45. The van der Waals surface area contributed by atoms with Crippen molar-refractivity contribution >= 4 is 21.7 Å². The Kier molecular flexibility index (Phi) is 3.84. The van der Waals surface area contributed by atoms with E-state index in [0.29, 0.717) is 13.0 Å². The number of nitrogens with zero attached hydrogens (tertiary/aromatic N) is 1. The number of rotatable bonds is 4. The average Bonchev–Trinajstić information content (AvgIpc) is 3.05. The molecule has 0 radical (unpaired) electrons. The minimum Gasteiger partial charge on any atom is -0.481 e. The highest BCUT2D eigenvalue weighted by Crippen LogP contribution is 2.50. The molecule has 2 atom stereocenters.